The number of aromatic nitrogens is 3. The Bertz CT molecular complexity index is 1000. The molecule has 0 bridgehead atoms. The van der Waals surface area contributed by atoms with Crippen molar-refractivity contribution in [3.8, 4) is 10.6 Å². The number of thiophene rings is 1. The van der Waals surface area contributed by atoms with Gasteiger partial charge in [0.25, 0.3) is 5.91 Å². The Labute approximate surface area is 187 Å². The minimum absolute atomic E-state index is 0. The van der Waals surface area contributed by atoms with E-state index in [1.54, 1.807) is 17.5 Å². The SMILES string of the molecule is Cc1ccc(-c2cc(C(=O)N3CCC(CN)C3)c3cnn(C(C)C)c3n2)s1.Cl.Cl. The van der Waals surface area contributed by atoms with Gasteiger partial charge in [-0.3, -0.25) is 4.79 Å². The van der Waals surface area contributed by atoms with Gasteiger partial charge in [-0.15, -0.1) is 36.2 Å². The lowest BCUT2D eigenvalue weighted by atomic mass is 10.1. The Balaban J connectivity index is 0.00000150. The molecule has 4 rings (SSSR count). The van der Waals surface area contributed by atoms with E-state index in [-0.39, 0.29) is 36.8 Å². The van der Waals surface area contributed by atoms with Crippen LogP contribution in [0.1, 0.15) is 41.5 Å². The zero-order chi connectivity index (χ0) is 19.1. The first-order valence-corrected chi connectivity index (χ1v) is 10.2. The Morgan fingerprint density at radius 2 is 2.10 bits per heavy atom. The van der Waals surface area contributed by atoms with Crippen LogP contribution >= 0.6 is 36.2 Å². The van der Waals surface area contributed by atoms with Crippen molar-refractivity contribution in [2.24, 2.45) is 11.7 Å². The normalized spacial score (nSPS) is 16.2. The molecule has 3 aromatic heterocycles. The largest absolute Gasteiger partial charge is 0.338 e. The van der Waals surface area contributed by atoms with Crippen LogP contribution in [0.2, 0.25) is 0 Å². The second-order valence-corrected chi connectivity index (χ2v) is 8.81. The van der Waals surface area contributed by atoms with E-state index in [1.807, 2.05) is 15.6 Å². The van der Waals surface area contributed by atoms with Crippen molar-refractivity contribution >= 4 is 53.1 Å². The van der Waals surface area contributed by atoms with Crippen molar-refractivity contribution in [3.63, 3.8) is 0 Å². The lowest BCUT2D eigenvalue weighted by molar-refractivity contribution is 0.0789. The summed E-state index contributed by atoms with van der Waals surface area (Å²) in [6.45, 7) is 8.34. The van der Waals surface area contributed by atoms with Crippen molar-refractivity contribution in [1.82, 2.24) is 19.7 Å². The van der Waals surface area contributed by atoms with Crippen LogP contribution in [0.15, 0.2) is 24.4 Å². The molecule has 3 aromatic rings. The molecule has 1 unspecified atom stereocenters. The summed E-state index contributed by atoms with van der Waals surface area (Å²) in [6.07, 6.45) is 2.74. The number of nitrogens with two attached hydrogens (primary N) is 1. The monoisotopic (exact) mass is 455 g/mol. The average Bonchev–Trinajstić information content (AvgIpc) is 3.38. The van der Waals surface area contributed by atoms with Crippen molar-refractivity contribution in [3.05, 3.63) is 34.8 Å². The fourth-order valence-electron chi connectivity index (χ4n) is 3.65. The second kappa shape index (κ2) is 9.43. The van der Waals surface area contributed by atoms with E-state index in [0.717, 1.165) is 41.1 Å². The van der Waals surface area contributed by atoms with E-state index in [9.17, 15) is 4.79 Å². The fourth-order valence-corrected chi connectivity index (χ4v) is 4.48. The van der Waals surface area contributed by atoms with Crippen LogP contribution in [0, 0.1) is 12.8 Å². The van der Waals surface area contributed by atoms with E-state index in [0.29, 0.717) is 18.0 Å². The van der Waals surface area contributed by atoms with Crippen molar-refractivity contribution in [2.45, 2.75) is 33.2 Å². The number of likely N-dealkylation sites (tertiary alicyclic amines) is 1. The summed E-state index contributed by atoms with van der Waals surface area (Å²) in [7, 11) is 0. The van der Waals surface area contributed by atoms with Gasteiger partial charge >= 0.3 is 0 Å². The van der Waals surface area contributed by atoms with E-state index in [2.05, 4.69) is 38.0 Å². The van der Waals surface area contributed by atoms with E-state index in [1.165, 1.54) is 4.88 Å². The number of aryl methyl sites for hydroxylation is 1. The highest BCUT2D eigenvalue weighted by atomic mass is 35.5. The number of rotatable bonds is 4. The van der Waals surface area contributed by atoms with Gasteiger partial charge in [-0.1, -0.05) is 0 Å². The number of pyridine rings is 1. The molecule has 0 aromatic carbocycles. The third kappa shape index (κ3) is 4.43. The van der Waals surface area contributed by atoms with Crippen LogP contribution in [0.4, 0.5) is 0 Å². The van der Waals surface area contributed by atoms with Crippen LogP contribution in [0.25, 0.3) is 21.6 Å². The molecule has 1 amide bonds. The molecule has 1 saturated heterocycles. The fraction of sp³-hybridized carbons (Fsp3) is 0.450. The smallest absolute Gasteiger partial charge is 0.254 e. The predicted molar refractivity (Wildman–Crippen MR) is 124 cm³/mol. The van der Waals surface area contributed by atoms with Crippen molar-refractivity contribution in [2.75, 3.05) is 19.6 Å². The van der Waals surface area contributed by atoms with Gasteiger partial charge in [0.15, 0.2) is 5.65 Å². The molecule has 0 saturated carbocycles. The quantitative estimate of drug-likeness (QED) is 0.635. The summed E-state index contributed by atoms with van der Waals surface area (Å²) in [6, 6.07) is 6.25. The zero-order valence-electron chi connectivity index (χ0n) is 16.8. The topological polar surface area (TPSA) is 77.0 Å². The molecular weight excluding hydrogens is 429 g/mol. The molecule has 29 heavy (non-hydrogen) atoms. The first-order chi connectivity index (χ1) is 13.0. The van der Waals surface area contributed by atoms with Crippen molar-refractivity contribution < 1.29 is 4.79 Å². The zero-order valence-corrected chi connectivity index (χ0v) is 19.2. The Morgan fingerprint density at radius 1 is 1.34 bits per heavy atom. The molecule has 1 fully saturated rings. The van der Waals surface area contributed by atoms with Crippen LogP contribution in [0.5, 0.6) is 0 Å². The third-order valence-electron chi connectivity index (χ3n) is 5.19. The summed E-state index contributed by atoms with van der Waals surface area (Å²) in [5.41, 5.74) is 8.09. The summed E-state index contributed by atoms with van der Waals surface area (Å²) in [5.74, 6) is 0.445. The standard InChI is InChI=1S/C20H25N5OS.2ClH/c1-12(2)25-19-16(10-22-25)15(20(26)24-7-6-14(9-21)11-24)8-17(23-19)18-5-4-13(3)27-18;;/h4-5,8,10,12,14H,6-7,9,11,21H2,1-3H3;2*1H. The van der Waals surface area contributed by atoms with Gasteiger partial charge in [0, 0.05) is 24.0 Å². The number of fused-ring (bicyclic) bond motifs is 1. The maximum Gasteiger partial charge on any atom is 0.254 e. The highest BCUT2D eigenvalue weighted by Crippen LogP contribution is 2.31. The third-order valence-corrected chi connectivity index (χ3v) is 6.21. The van der Waals surface area contributed by atoms with Crippen LogP contribution < -0.4 is 5.73 Å². The van der Waals surface area contributed by atoms with Gasteiger partial charge in [0.2, 0.25) is 0 Å². The van der Waals surface area contributed by atoms with Gasteiger partial charge in [0.05, 0.1) is 27.7 Å². The summed E-state index contributed by atoms with van der Waals surface area (Å²) in [5, 5.41) is 5.32. The second-order valence-electron chi connectivity index (χ2n) is 7.53. The summed E-state index contributed by atoms with van der Waals surface area (Å²) in [4.78, 5) is 22.4. The van der Waals surface area contributed by atoms with E-state index in [4.69, 9.17) is 10.7 Å². The molecule has 2 N–H and O–H groups in total. The molecule has 1 atom stereocenters. The Kier molecular flexibility index (Phi) is 7.67. The summed E-state index contributed by atoms with van der Waals surface area (Å²) >= 11 is 1.69. The van der Waals surface area contributed by atoms with E-state index < -0.39 is 0 Å². The molecule has 1 aliphatic rings. The molecule has 0 radical (unpaired) electrons. The van der Waals surface area contributed by atoms with Gasteiger partial charge in [0.1, 0.15) is 0 Å². The highest BCUT2D eigenvalue weighted by molar-refractivity contribution is 7.15. The number of carbonyl (C=O) groups excluding carboxylic acids is 1. The predicted octanol–water partition coefficient (Wildman–Crippen LogP) is 4.31. The number of carbonyl (C=O) groups is 1. The maximum atomic E-state index is 13.3. The number of nitrogens with zero attached hydrogens (tertiary/aromatic N) is 4. The number of hydrogen-bond donors (Lipinski definition) is 1. The molecule has 0 aliphatic carbocycles. The van der Waals surface area contributed by atoms with Crippen LogP contribution in [0.3, 0.4) is 0 Å². The first-order valence-electron chi connectivity index (χ1n) is 9.42. The van der Waals surface area contributed by atoms with Crippen molar-refractivity contribution in [1.29, 1.82) is 0 Å². The average molecular weight is 456 g/mol. The Hall–Kier alpha value is -1.67. The summed E-state index contributed by atoms with van der Waals surface area (Å²) < 4.78 is 1.89. The van der Waals surface area contributed by atoms with E-state index >= 15 is 0 Å². The van der Waals surface area contributed by atoms with Gasteiger partial charge in [-0.25, -0.2) is 9.67 Å². The molecular formula is C20H27Cl2N5OS. The maximum absolute atomic E-state index is 13.3. The number of amides is 1. The molecule has 0 spiro atoms. The minimum Gasteiger partial charge on any atom is -0.338 e. The van der Waals surface area contributed by atoms with Gasteiger partial charge < -0.3 is 10.6 Å². The lowest BCUT2D eigenvalue weighted by Gasteiger charge is -2.17. The molecule has 9 heteroatoms. The van der Waals surface area contributed by atoms with Gasteiger partial charge in [-0.2, -0.15) is 5.10 Å². The molecule has 158 valence electrons. The highest BCUT2D eigenvalue weighted by Gasteiger charge is 2.28. The lowest BCUT2D eigenvalue weighted by Crippen LogP contribution is -2.30. The number of halogens is 2. The Morgan fingerprint density at radius 3 is 2.69 bits per heavy atom. The molecule has 1 aliphatic heterocycles. The van der Waals surface area contributed by atoms with Gasteiger partial charge in [-0.05, 0) is 57.9 Å². The first kappa shape index (κ1) is 23.6. The molecule has 4 heterocycles. The van der Waals surface area contributed by atoms with Crippen LogP contribution in [-0.4, -0.2) is 45.2 Å². The minimum atomic E-state index is 0. The molecule has 6 nitrogen and oxygen atoms in total. The van der Waals surface area contributed by atoms with Crippen LogP contribution in [-0.2, 0) is 0 Å². The number of hydrogen-bond acceptors (Lipinski definition) is 5.